The minimum atomic E-state index is -0.155. The van der Waals surface area contributed by atoms with E-state index in [1.54, 1.807) is 23.9 Å². The fraction of sp³-hybridized carbons (Fsp3) is 0.333. The van der Waals surface area contributed by atoms with Crippen molar-refractivity contribution < 1.29 is 5.11 Å². The number of benzene rings is 1. The third-order valence-corrected chi connectivity index (χ3v) is 4.70. The van der Waals surface area contributed by atoms with E-state index in [-0.39, 0.29) is 11.4 Å². The Bertz CT molecular complexity index is 776. The van der Waals surface area contributed by atoms with E-state index < -0.39 is 0 Å². The summed E-state index contributed by atoms with van der Waals surface area (Å²) in [6, 6.07) is 5.47. The third-order valence-electron chi connectivity index (χ3n) is 3.58. The fourth-order valence-electron chi connectivity index (χ4n) is 2.49. The van der Waals surface area contributed by atoms with E-state index in [1.807, 2.05) is 6.07 Å². The van der Waals surface area contributed by atoms with Gasteiger partial charge in [-0.2, -0.15) is 11.8 Å². The van der Waals surface area contributed by atoms with Crippen LogP contribution in [-0.4, -0.2) is 26.4 Å². The number of aromatic nitrogens is 2. The quantitative estimate of drug-likeness (QED) is 0.716. The molecule has 0 fully saturated rings. The molecule has 0 spiro atoms. The molecule has 7 heteroatoms. The van der Waals surface area contributed by atoms with E-state index in [0.717, 1.165) is 22.8 Å². The highest BCUT2D eigenvalue weighted by Crippen LogP contribution is 2.36. The second-order valence-corrected chi connectivity index (χ2v) is 6.84. The predicted octanol–water partition coefficient (Wildman–Crippen LogP) is 3.00. The van der Waals surface area contributed by atoms with E-state index in [9.17, 15) is 9.90 Å². The van der Waals surface area contributed by atoms with Crippen LogP contribution in [0.3, 0.4) is 0 Å². The van der Waals surface area contributed by atoms with Gasteiger partial charge in [-0.1, -0.05) is 24.6 Å². The molecule has 1 aromatic carbocycles. The monoisotopic (exact) mass is 337 g/mol. The van der Waals surface area contributed by atoms with Crippen LogP contribution in [0.25, 0.3) is 0 Å². The van der Waals surface area contributed by atoms with Gasteiger partial charge in [0.2, 0.25) is 0 Å². The lowest BCUT2D eigenvalue weighted by molar-refractivity contribution is 0.423. The van der Waals surface area contributed by atoms with Gasteiger partial charge >= 0.3 is 0 Å². The highest BCUT2D eigenvalue weighted by atomic mass is 35.5. The molecule has 116 valence electrons. The van der Waals surface area contributed by atoms with E-state index in [4.69, 9.17) is 11.6 Å². The van der Waals surface area contributed by atoms with E-state index in [0.29, 0.717) is 29.2 Å². The smallest absolute Gasteiger partial charge is 0.272 e. The van der Waals surface area contributed by atoms with Gasteiger partial charge in [-0.3, -0.25) is 4.79 Å². The van der Waals surface area contributed by atoms with Crippen LogP contribution in [0.5, 0.6) is 5.88 Å². The lowest BCUT2D eigenvalue weighted by Gasteiger charge is -2.22. The number of fused-ring (bicyclic) bond motifs is 2. The van der Waals surface area contributed by atoms with Crippen LogP contribution in [0.1, 0.15) is 18.1 Å². The number of hydrogen-bond acceptors (Lipinski definition) is 5. The largest absolute Gasteiger partial charge is 0.491 e. The molecule has 22 heavy (non-hydrogen) atoms. The predicted molar refractivity (Wildman–Crippen MR) is 90.7 cm³/mol. The molecule has 0 saturated heterocycles. The molecule has 1 aromatic heterocycles. The maximum atomic E-state index is 12.6. The van der Waals surface area contributed by atoms with Crippen LogP contribution in [0.15, 0.2) is 23.0 Å². The topological polar surface area (TPSA) is 67.1 Å². The van der Waals surface area contributed by atoms with Gasteiger partial charge < -0.3 is 10.4 Å². The minimum absolute atomic E-state index is 0.151. The van der Waals surface area contributed by atoms with E-state index in [2.05, 4.69) is 17.3 Å². The highest BCUT2D eigenvalue weighted by Gasteiger charge is 2.23. The van der Waals surface area contributed by atoms with Crippen molar-refractivity contribution in [1.82, 2.24) is 9.78 Å². The Balaban J connectivity index is 1.99. The fourth-order valence-corrected chi connectivity index (χ4v) is 3.26. The Kier molecular flexibility index (Phi) is 4.31. The van der Waals surface area contributed by atoms with Crippen molar-refractivity contribution in [3.63, 3.8) is 0 Å². The molecule has 2 heterocycles. The van der Waals surface area contributed by atoms with Crippen molar-refractivity contribution in [2.75, 3.05) is 16.8 Å². The summed E-state index contributed by atoms with van der Waals surface area (Å²) >= 11 is 7.72. The highest BCUT2D eigenvalue weighted by molar-refractivity contribution is 7.99. The first-order chi connectivity index (χ1) is 10.6. The van der Waals surface area contributed by atoms with Gasteiger partial charge in [-0.05, 0) is 23.4 Å². The van der Waals surface area contributed by atoms with Crippen molar-refractivity contribution in [2.24, 2.45) is 0 Å². The second kappa shape index (κ2) is 6.22. The summed E-state index contributed by atoms with van der Waals surface area (Å²) < 4.78 is 1.35. The molecule has 0 radical (unpaired) electrons. The third kappa shape index (κ3) is 2.80. The summed E-state index contributed by atoms with van der Waals surface area (Å²) in [4.78, 5) is 12.6. The molecule has 3 rings (SSSR count). The number of aromatic hydroxyl groups is 1. The van der Waals surface area contributed by atoms with Crippen LogP contribution >= 0.6 is 23.4 Å². The Labute approximate surface area is 137 Å². The van der Waals surface area contributed by atoms with Crippen LogP contribution in [0.2, 0.25) is 5.02 Å². The zero-order chi connectivity index (χ0) is 15.7. The van der Waals surface area contributed by atoms with Crippen molar-refractivity contribution in [3.05, 3.63) is 44.7 Å². The molecule has 1 aliphatic heterocycles. The molecule has 0 bridgehead atoms. The normalized spacial score (nSPS) is 12.5. The standard InChI is InChI=1S/C15H16ClN3O2S/c1-2-22-6-5-19-15(21)11-7-9-3-4-10(16)8-12(9)17-13(11)14(20)18-19/h3-4,8,17H,2,5-7H2,1H3,(H,18,20). The Morgan fingerprint density at radius 3 is 3.09 bits per heavy atom. The van der Waals surface area contributed by atoms with Crippen LogP contribution in [0.4, 0.5) is 11.4 Å². The number of thioether (sulfide) groups is 1. The summed E-state index contributed by atoms with van der Waals surface area (Å²) in [5.41, 5.74) is 2.56. The van der Waals surface area contributed by atoms with Crippen molar-refractivity contribution in [3.8, 4) is 5.88 Å². The molecule has 0 saturated carbocycles. The average molecular weight is 338 g/mol. The molecule has 0 amide bonds. The van der Waals surface area contributed by atoms with Crippen molar-refractivity contribution >= 4 is 34.7 Å². The van der Waals surface area contributed by atoms with Crippen LogP contribution in [-0.2, 0) is 13.0 Å². The first-order valence-electron chi connectivity index (χ1n) is 7.06. The number of halogens is 1. The van der Waals surface area contributed by atoms with Gasteiger partial charge in [0.15, 0.2) is 0 Å². The zero-order valence-electron chi connectivity index (χ0n) is 12.1. The molecule has 2 aromatic rings. The van der Waals surface area contributed by atoms with Gasteiger partial charge in [0, 0.05) is 22.9 Å². The first kappa shape index (κ1) is 15.2. The molecule has 0 unspecified atom stereocenters. The number of aryl methyl sites for hydroxylation is 1. The minimum Gasteiger partial charge on any atom is -0.491 e. The number of rotatable bonds is 4. The van der Waals surface area contributed by atoms with E-state index in [1.165, 1.54) is 4.68 Å². The molecular formula is C15H16ClN3O2S. The SMILES string of the molecule is CCSCCn1nc(O)c2c(c1=O)Cc1ccc(Cl)cc1N2. The number of nitrogens with one attached hydrogen (secondary N) is 1. The van der Waals surface area contributed by atoms with Crippen molar-refractivity contribution in [1.29, 1.82) is 0 Å². The summed E-state index contributed by atoms with van der Waals surface area (Å²) in [6.45, 7) is 2.56. The Morgan fingerprint density at radius 1 is 1.50 bits per heavy atom. The number of anilines is 2. The van der Waals surface area contributed by atoms with Gasteiger partial charge in [0.05, 0.1) is 12.1 Å². The second-order valence-electron chi connectivity index (χ2n) is 5.01. The zero-order valence-corrected chi connectivity index (χ0v) is 13.7. The van der Waals surface area contributed by atoms with Crippen LogP contribution in [0, 0.1) is 0 Å². The van der Waals surface area contributed by atoms with E-state index >= 15 is 0 Å². The lowest BCUT2D eigenvalue weighted by atomic mass is 9.99. The van der Waals surface area contributed by atoms with Gasteiger partial charge in [-0.25, -0.2) is 4.68 Å². The van der Waals surface area contributed by atoms with Crippen LogP contribution < -0.4 is 10.9 Å². The van der Waals surface area contributed by atoms with Gasteiger partial charge in [-0.15, -0.1) is 5.10 Å². The maximum absolute atomic E-state index is 12.6. The Hall–Kier alpha value is -1.66. The number of nitrogens with zero attached hydrogens (tertiary/aromatic N) is 2. The molecule has 2 N–H and O–H groups in total. The molecule has 1 aliphatic rings. The summed E-state index contributed by atoms with van der Waals surface area (Å²) in [5, 5.41) is 17.8. The Morgan fingerprint density at radius 2 is 2.32 bits per heavy atom. The molecular weight excluding hydrogens is 322 g/mol. The molecule has 0 aliphatic carbocycles. The summed E-state index contributed by atoms with van der Waals surface area (Å²) in [6.07, 6.45) is 0.463. The van der Waals surface area contributed by atoms with Crippen molar-refractivity contribution in [2.45, 2.75) is 19.9 Å². The summed E-state index contributed by atoms with van der Waals surface area (Å²) in [5.74, 6) is 1.63. The average Bonchev–Trinajstić information content (AvgIpc) is 2.51. The summed E-state index contributed by atoms with van der Waals surface area (Å²) in [7, 11) is 0. The van der Waals surface area contributed by atoms with Gasteiger partial charge in [0.1, 0.15) is 5.69 Å². The molecule has 0 atom stereocenters. The molecule has 5 nitrogen and oxygen atoms in total. The maximum Gasteiger partial charge on any atom is 0.272 e. The lowest BCUT2D eigenvalue weighted by Crippen LogP contribution is -2.30. The number of hydrogen-bond donors (Lipinski definition) is 2. The first-order valence-corrected chi connectivity index (χ1v) is 8.59. The van der Waals surface area contributed by atoms with Gasteiger partial charge in [0.25, 0.3) is 11.4 Å².